The van der Waals surface area contributed by atoms with E-state index in [1.807, 2.05) is 22.7 Å². The normalized spacial score (nSPS) is 11.7. The van der Waals surface area contributed by atoms with Crippen molar-refractivity contribution in [1.29, 1.82) is 0 Å². The van der Waals surface area contributed by atoms with Crippen LogP contribution in [0.4, 0.5) is 11.4 Å². The monoisotopic (exact) mass is 1270 g/mol. The van der Waals surface area contributed by atoms with E-state index in [9.17, 15) is 0 Å². The number of halogens is 4. The molecule has 0 saturated carbocycles. The van der Waals surface area contributed by atoms with Gasteiger partial charge in [-0.1, -0.05) is 72.0 Å². The average molecular weight is 1270 g/mol. The van der Waals surface area contributed by atoms with Gasteiger partial charge in [0, 0.05) is 67.7 Å². The highest BCUT2D eigenvalue weighted by molar-refractivity contribution is 7.20. The van der Waals surface area contributed by atoms with Gasteiger partial charge in [-0.3, -0.25) is 0 Å². The molecule has 58 heavy (non-hydrogen) atoms. The standard InChI is InChI=1S/C47H60N5S2.4HI/c1-48(2)39-26-20-37(21-27-39)24-30-45-42(41-15-9-11-18-44(41)53-45)16-13-33-51(5,6)35-36-52(7,8)34-14-32-50-43-17-10-12-19-46(43)54-47(50)31-25-38-22-28-40(29-23-38)49(3)4;;;;/h9-12,15,17-31H,13-14,16,32-36H2,1-8H3;4*1H/q+3;;;;/p-4/b30-24+;;;;. The molecule has 0 aliphatic rings. The number of thiazole rings is 1. The molecule has 0 N–H and O–H groups in total. The molecular weight excluding hydrogens is 1210 g/mol. The third kappa shape index (κ3) is 14.6. The second kappa shape index (κ2) is 24.3. The van der Waals surface area contributed by atoms with Gasteiger partial charge in [-0.2, -0.15) is 4.57 Å². The highest BCUT2D eigenvalue weighted by Gasteiger charge is 2.25. The van der Waals surface area contributed by atoms with Crippen molar-refractivity contribution in [3.05, 3.63) is 124 Å². The van der Waals surface area contributed by atoms with E-state index in [4.69, 9.17) is 0 Å². The highest BCUT2D eigenvalue weighted by atomic mass is 127. The van der Waals surface area contributed by atoms with E-state index in [0.29, 0.717) is 0 Å². The molecule has 0 bridgehead atoms. The number of anilines is 2. The number of aryl methyl sites for hydroxylation is 2. The third-order valence-corrected chi connectivity index (χ3v) is 13.0. The lowest BCUT2D eigenvalue weighted by atomic mass is 10.0. The van der Waals surface area contributed by atoms with Crippen LogP contribution in [-0.2, 0) is 13.0 Å². The van der Waals surface area contributed by atoms with E-state index in [-0.39, 0.29) is 95.9 Å². The number of benzene rings is 4. The molecular formula is C47H60I4N5S2-. The Labute approximate surface area is 425 Å². The number of hydrogen-bond donors (Lipinski definition) is 0. The zero-order valence-electron chi connectivity index (χ0n) is 35.3. The lowest BCUT2D eigenvalue weighted by Crippen LogP contribution is -3.00. The minimum absolute atomic E-state index is 0. The molecule has 0 aliphatic heterocycles. The van der Waals surface area contributed by atoms with Gasteiger partial charge in [0.25, 0.3) is 5.01 Å². The van der Waals surface area contributed by atoms with Crippen LogP contribution in [0.3, 0.4) is 0 Å². The summed E-state index contributed by atoms with van der Waals surface area (Å²) in [6.45, 7) is 5.68. The van der Waals surface area contributed by atoms with Crippen molar-refractivity contribution < 1.29 is 109 Å². The van der Waals surface area contributed by atoms with Crippen molar-refractivity contribution in [3.63, 3.8) is 0 Å². The summed E-state index contributed by atoms with van der Waals surface area (Å²) in [7, 11) is 18.0. The summed E-state index contributed by atoms with van der Waals surface area (Å²) < 4.78 is 7.34. The Morgan fingerprint density at radius 2 is 1.03 bits per heavy atom. The van der Waals surface area contributed by atoms with Crippen LogP contribution in [0.2, 0.25) is 0 Å². The van der Waals surface area contributed by atoms with Crippen molar-refractivity contribution in [2.45, 2.75) is 25.8 Å². The number of aromatic nitrogens is 1. The molecule has 0 unspecified atom stereocenters. The van der Waals surface area contributed by atoms with Gasteiger partial charge in [0.15, 0.2) is 6.54 Å². The van der Waals surface area contributed by atoms with Crippen LogP contribution in [0.15, 0.2) is 97.1 Å². The van der Waals surface area contributed by atoms with Crippen LogP contribution in [0.5, 0.6) is 0 Å². The van der Waals surface area contributed by atoms with E-state index in [0.717, 1.165) is 34.9 Å². The fourth-order valence-corrected chi connectivity index (χ4v) is 9.38. The molecule has 11 heteroatoms. The van der Waals surface area contributed by atoms with Crippen molar-refractivity contribution in [2.75, 3.05) is 92.4 Å². The number of rotatable bonds is 17. The fourth-order valence-electron chi connectivity index (χ4n) is 7.13. The third-order valence-electron chi connectivity index (χ3n) is 10.7. The zero-order valence-corrected chi connectivity index (χ0v) is 45.5. The number of para-hydroxylation sites is 1. The average Bonchev–Trinajstić information content (AvgIpc) is 3.70. The minimum Gasteiger partial charge on any atom is -1.00 e. The van der Waals surface area contributed by atoms with Crippen LogP contribution >= 0.6 is 22.7 Å². The number of nitrogens with zero attached hydrogens (tertiary/aromatic N) is 5. The number of quaternary nitrogens is 2. The van der Waals surface area contributed by atoms with Crippen LogP contribution in [-0.4, -0.2) is 91.5 Å². The molecule has 2 heterocycles. The topological polar surface area (TPSA) is 10.4 Å². The van der Waals surface area contributed by atoms with E-state index in [1.165, 1.54) is 84.3 Å². The van der Waals surface area contributed by atoms with Crippen LogP contribution in [0.25, 0.3) is 44.6 Å². The molecule has 0 spiro atoms. The summed E-state index contributed by atoms with van der Waals surface area (Å²) in [6.07, 6.45) is 12.6. The number of thiophene rings is 1. The van der Waals surface area contributed by atoms with Gasteiger partial charge in [-0.15, -0.1) is 11.3 Å². The largest absolute Gasteiger partial charge is 1.00 e. The Hall–Kier alpha value is -1.35. The molecule has 5 nitrogen and oxygen atoms in total. The van der Waals surface area contributed by atoms with Crippen molar-refractivity contribution in [3.8, 4) is 0 Å². The van der Waals surface area contributed by atoms with Gasteiger partial charge in [0.05, 0.1) is 47.7 Å². The summed E-state index contributed by atoms with van der Waals surface area (Å²) in [5, 5.41) is 2.73. The first kappa shape index (κ1) is 52.8. The van der Waals surface area contributed by atoms with E-state index in [2.05, 4.69) is 192 Å². The first-order chi connectivity index (χ1) is 25.9. The minimum atomic E-state index is 0. The molecule has 0 fully saturated rings. The molecule has 0 atom stereocenters. The maximum absolute atomic E-state index is 2.53. The van der Waals surface area contributed by atoms with Gasteiger partial charge >= 0.3 is 0 Å². The summed E-state index contributed by atoms with van der Waals surface area (Å²) in [5.74, 6) is 0. The second-order valence-corrected chi connectivity index (χ2v) is 18.5. The van der Waals surface area contributed by atoms with Crippen LogP contribution < -0.4 is 110 Å². The Kier molecular flexibility index (Phi) is 22.1. The van der Waals surface area contributed by atoms with Gasteiger partial charge in [-0.25, -0.2) is 0 Å². The molecule has 4 aromatic carbocycles. The Bertz CT molecular complexity index is 2050. The molecule has 0 amide bonds. The number of hydrogen-bond acceptors (Lipinski definition) is 4. The quantitative estimate of drug-likeness (QED) is 0.0600. The van der Waals surface area contributed by atoms with Crippen molar-refractivity contribution in [1.82, 2.24) is 0 Å². The molecule has 6 aromatic rings. The Morgan fingerprint density at radius 3 is 1.60 bits per heavy atom. The van der Waals surface area contributed by atoms with E-state index in [1.54, 1.807) is 0 Å². The maximum Gasteiger partial charge on any atom is 0.262 e. The highest BCUT2D eigenvalue weighted by Crippen LogP contribution is 2.34. The first-order valence-corrected chi connectivity index (χ1v) is 21.0. The van der Waals surface area contributed by atoms with Crippen molar-refractivity contribution in [2.24, 2.45) is 0 Å². The Balaban J connectivity index is 0.00000290. The molecule has 0 saturated heterocycles. The molecule has 314 valence electrons. The summed E-state index contributed by atoms with van der Waals surface area (Å²) in [4.78, 5) is 5.68. The van der Waals surface area contributed by atoms with Gasteiger partial charge < -0.3 is 115 Å². The van der Waals surface area contributed by atoms with E-state index >= 15 is 0 Å². The predicted octanol–water partition coefficient (Wildman–Crippen LogP) is -1.93. The summed E-state index contributed by atoms with van der Waals surface area (Å²) in [6, 6.07) is 35.4. The van der Waals surface area contributed by atoms with Crippen molar-refractivity contribution >= 4 is 78.7 Å². The molecule has 6 rings (SSSR count). The lowest BCUT2D eigenvalue weighted by Gasteiger charge is -2.35. The summed E-state index contributed by atoms with van der Waals surface area (Å²) in [5.41, 5.74) is 7.76. The van der Waals surface area contributed by atoms with Crippen LogP contribution in [0, 0.1) is 0 Å². The second-order valence-electron chi connectivity index (χ2n) is 16.4. The van der Waals surface area contributed by atoms with Crippen LogP contribution in [0.1, 0.15) is 39.4 Å². The summed E-state index contributed by atoms with van der Waals surface area (Å²) >= 11 is 3.81. The first-order valence-electron chi connectivity index (χ1n) is 19.3. The lowest BCUT2D eigenvalue weighted by molar-refractivity contribution is -0.946. The molecule has 0 radical (unpaired) electrons. The number of likely N-dealkylation sites (N-methyl/N-ethyl adjacent to an activating group) is 2. The zero-order chi connectivity index (χ0) is 38.3. The number of fused-ring (bicyclic) bond motifs is 2. The fraction of sp³-hybridized carbons (Fsp3) is 0.340. The maximum atomic E-state index is 2.53. The van der Waals surface area contributed by atoms with E-state index < -0.39 is 0 Å². The van der Waals surface area contributed by atoms with Gasteiger partial charge in [0.2, 0.25) is 5.52 Å². The SMILES string of the molecule is CN(C)c1ccc(/C=C/c2sc3ccccc3c2CCC[N+](C)(C)CC[N+](C)(C)CCC[n+]2c(/C=C/c3ccc(N(C)C)cc3)sc3ccccc32)cc1.[I-].[I-].[I-].[I-]. The predicted molar refractivity (Wildman–Crippen MR) is 240 cm³/mol. The Morgan fingerprint density at radius 1 is 0.534 bits per heavy atom. The smallest absolute Gasteiger partial charge is 0.262 e. The molecule has 0 aliphatic carbocycles. The van der Waals surface area contributed by atoms with Gasteiger partial charge in [-0.05, 0) is 77.0 Å². The molecule has 2 aromatic heterocycles. The van der Waals surface area contributed by atoms with Gasteiger partial charge in [0.1, 0.15) is 17.8 Å².